The van der Waals surface area contributed by atoms with Crippen LogP contribution in [-0.4, -0.2) is 29.4 Å². The number of hydrogen-bond donors (Lipinski definition) is 2. The average Bonchev–Trinajstić information content (AvgIpc) is 2.70. The monoisotopic (exact) mass is 265 g/mol. The maximum Gasteiger partial charge on any atom is 0.251 e. The first-order chi connectivity index (χ1) is 9.22. The number of amides is 1. The molecule has 1 aliphatic heterocycles. The van der Waals surface area contributed by atoms with E-state index in [0.29, 0.717) is 12.5 Å². The van der Waals surface area contributed by atoms with Gasteiger partial charge in [-0.1, -0.05) is 45.4 Å². The quantitative estimate of drug-likeness (QED) is 0.776. The van der Waals surface area contributed by atoms with E-state index in [2.05, 4.69) is 12.2 Å². The van der Waals surface area contributed by atoms with E-state index in [1.54, 1.807) is 4.90 Å². The van der Waals surface area contributed by atoms with E-state index in [-0.39, 0.29) is 11.9 Å². The van der Waals surface area contributed by atoms with E-state index in [4.69, 9.17) is 5.41 Å². The van der Waals surface area contributed by atoms with E-state index in [0.717, 1.165) is 31.6 Å². The number of hydrogen-bond acceptors (Lipinski definition) is 2. The zero-order valence-electron chi connectivity index (χ0n) is 12.1. The Morgan fingerprint density at radius 1 is 1.26 bits per heavy atom. The Morgan fingerprint density at radius 2 is 2.00 bits per heavy atom. The molecule has 2 fully saturated rings. The van der Waals surface area contributed by atoms with Gasteiger partial charge in [0.2, 0.25) is 0 Å². The van der Waals surface area contributed by atoms with Gasteiger partial charge in [-0.15, -0.1) is 0 Å². The first kappa shape index (κ1) is 14.4. The number of carbonyl (C=O) groups is 1. The van der Waals surface area contributed by atoms with Gasteiger partial charge in [0.05, 0.1) is 0 Å². The lowest BCUT2D eigenvalue weighted by molar-refractivity contribution is -0.127. The minimum absolute atomic E-state index is 0.120. The molecule has 1 unspecified atom stereocenters. The smallest absolute Gasteiger partial charge is 0.251 e. The van der Waals surface area contributed by atoms with Crippen LogP contribution < -0.4 is 5.32 Å². The van der Waals surface area contributed by atoms with Gasteiger partial charge in [0.1, 0.15) is 6.04 Å². The molecule has 4 heteroatoms. The van der Waals surface area contributed by atoms with Gasteiger partial charge in [0.15, 0.2) is 5.96 Å². The summed E-state index contributed by atoms with van der Waals surface area (Å²) in [6.45, 7) is 2.80. The van der Waals surface area contributed by atoms with Gasteiger partial charge in [0, 0.05) is 6.54 Å². The van der Waals surface area contributed by atoms with Crippen molar-refractivity contribution >= 4 is 11.9 Å². The van der Waals surface area contributed by atoms with E-state index >= 15 is 0 Å². The summed E-state index contributed by atoms with van der Waals surface area (Å²) in [6.07, 6.45) is 10.8. The highest BCUT2D eigenvalue weighted by Gasteiger charge is 2.35. The zero-order valence-corrected chi connectivity index (χ0v) is 12.1. The molecule has 0 aromatic carbocycles. The molecule has 1 atom stereocenters. The van der Waals surface area contributed by atoms with Crippen LogP contribution in [0, 0.1) is 11.3 Å². The summed E-state index contributed by atoms with van der Waals surface area (Å²) >= 11 is 0. The van der Waals surface area contributed by atoms with Crippen LogP contribution in [0.3, 0.4) is 0 Å². The predicted octanol–water partition coefficient (Wildman–Crippen LogP) is 2.88. The van der Waals surface area contributed by atoms with Crippen molar-refractivity contribution in [1.82, 2.24) is 10.2 Å². The van der Waals surface area contributed by atoms with E-state index < -0.39 is 0 Å². The predicted molar refractivity (Wildman–Crippen MR) is 77.1 cm³/mol. The molecule has 2 rings (SSSR count). The van der Waals surface area contributed by atoms with E-state index in [1.165, 1.54) is 32.1 Å². The van der Waals surface area contributed by atoms with Crippen LogP contribution in [0.5, 0.6) is 0 Å². The Balaban J connectivity index is 1.77. The standard InChI is InChI=1S/C15H27N3O/c1-2-3-11-18-14(19)13(17-15(18)16)10-9-12-7-5-4-6-8-12/h12-13H,2-11H2,1H3,(H2,16,17). The summed E-state index contributed by atoms with van der Waals surface area (Å²) in [7, 11) is 0. The fraction of sp³-hybridized carbons (Fsp3) is 0.867. The molecule has 1 aliphatic carbocycles. The fourth-order valence-electron chi connectivity index (χ4n) is 3.22. The first-order valence-electron chi connectivity index (χ1n) is 7.89. The highest BCUT2D eigenvalue weighted by molar-refractivity contribution is 6.05. The van der Waals surface area contributed by atoms with E-state index in [1.807, 2.05) is 0 Å². The van der Waals surface area contributed by atoms with E-state index in [9.17, 15) is 4.79 Å². The molecule has 0 bridgehead atoms. The number of guanidine groups is 1. The van der Waals surface area contributed by atoms with Crippen molar-refractivity contribution in [2.45, 2.75) is 70.8 Å². The SMILES string of the molecule is CCCCN1C(=N)NC(CCC2CCCCC2)C1=O. The lowest BCUT2D eigenvalue weighted by atomic mass is 9.85. The van der Waals surface area contributed by atoms with Crippen LogP contribution in [0.15, 0.2) is 0 Å². The molecule has 2 aliphatic rings. The average molecular weight is 265 g/mol. The number of unbranched alkanes of at least 4 members (excludes halogenated alkanes) is 1. The lowest BCUT2D eigenvalue weighted by Gasteiger charge is -2.22. The van der Waals surface area contributed by atoms with Crippen LogP contribution in [0.4, 0.5) is 0 Å². The molecule has 1 amide bonds. The van der Waals surface area contributed by atoms with Gasteiger partial charge in [-0.25, -0.2) is 0 Å². The van der Waals surface area contributed by atoms with Crippen LogP contribution in [0.25, 0.3) is 0 Å². The highest BCUT2D eigenvalue weighted by atomic mass is 16.2. The minimum atomic E-state index is -0.133. The zero-order chi connectivity index (χ0) is 13.7. The molecule has 2 N–H and O–H groups in total. The molecular formula is C15H27N3O. The summed E-state index contributed by atoms with van der Waals surface area (Å²) < 4.78 is 0. The van der Waals surface area contributed by atoms with Crippen molar-refractivity contribution in [2.75, 3.05) is 6.54 Å². The molecule has 1 heterocycles. The summed E-state index contributed by atoms with van der Waals surface area (Å²) in [5.41, 5.74) is 0. The first-order valence-corrected chi connectivity index (χ1v) is 7.89. The van der Waals surface area contributed by atoms with Crippen molar-refractivity contribution in [3.8, 4) is 0 Å². The van der Waals surface area contributed by atoms with Crippen LogP contribution in [0.2, 0.25) is 0 Å². The number of carbonyl (C=O) groups excluding carboxylic acids is 1. The third kappa shape index (κ3) is 3.71. The number of nitrogens with zero attached hydrogens (tertiary/aromatic N) is 1. The van der Waals surface area contributed by atoms with Gasteiger partial charge in [-0.2, -0.15) is 0 Å². The molecule has 0 aromatic rings. The Kier molecular flexibility index (Phi) is 5.23. The molecule has 108 valence electrons. The molecule has 0 aromatic heterocycles. The highest BCUT2D eigenvalue weighted by Crippen LogP contribution is 2.28. The second kappa shape index (κ2) is 6.92. The minimum Gasteiger partial charge on any atom is -0.344 e. The van der Waals surface area contributed by atoms with Gasteiger partial charge in [0.25, 0.3) is 5.91 Å². The lowest BCUT2D eigenvalue weighted by Crippen LogP contribution is -2.32. The normalized spacial score (nSPS) is 24.9. The van der Waals surface area contributed by atoms with Crippen LogP contribution >= 0.6 is 0 Å². The Morgan fingerprint density at radius 3 is 2.68 bits per heavy atom. The van der Waals surface area contributed by atoms with Gasteiger partial charge in [-0.3, -0.25) is 15.1 Å². The van der Waals surface area contributed by atoms with Crippen molar-refractivity contribution < 1.29 is 4.79 Å². The summed E-state index contributed by atoms with van der Waals surface area (Å²) in [5.74, 6) is 1.24. The Hall–Kier alpha value is -1.06. The molecule has 0 radical (unpaired) electrons. The van der Waals surface area contributed by atoms with Crippen molar-refractivity contribution in [1.29, 1.82) is 5.41 Å². The van der Waals surface area contributed by atoms with Crippen LogP contribution in [-0.2, 0) is 4.79 Å². The fourth-order valence-corrected chi connectivity index (χ4v) is 3.22. The third-order valence-electron chi connectivity index (χ3n) is 4.47. The van der Waals surface area contributed by atoms with Crippen LogP contribution in [0.1, 0.15) is 64.7 Å². The molecular weight excluding hydrogens is 238 g/mol. The third-order valence-corrected chi connectivity index (χ3v) is 4.47. The Labute approximate surface area is 116 Å². The molecule has 0 spiro atoms. The summed E-state index contributed by atoms with van der Waals surface area (Å²) in [4.78, 5) is 13.8. The van der Waals surface area contributed by atoms with Gasteiger partial charge >= 0.3 is 0 Å². The largest absolute Gasteiger partial charge is 0.344 e. The molecule has 4 nitrogen and oxygen atoms in total. The maximum atomic E-state index is 12.2. The van der Waals surface area contributed by atoms with Crippen molar-refractivity contribution in [3.63, 3.8) is 0 Å². The second-order valence-corrected chi connectivity index (χ2v) is 5.97. The van der Waals surface area contributed by atoms with Crippen molar-refractivity contribution in [2.24, 2.45) is 5.92 Å². The van der Waals surface area contributed by atoms with Gasteiger partial charge in [-0.05, 0) is 25.2 Å². The van der Waals surface area contributed by atoms with Crippen molar-refractivity contribution in [3.05, 3.63) is 0 Å². The summed E-state index contributed by atoms with van der Waals surface area (Å²) in [6, 6.07) is -0.133. The second-order valence-electron chi connectivity index (χ2n) is 5.97. The summed E-state index contributed by atoms with van der Waals surface area (Å²) in [5, 5.41) is 10.9. The molecule has 1 saturated carbocycles. The number of nitrogens with one attached hydrogen (secondary N) is 2. The molecule has 1 saturated heterocycles. The maximum absolute atomic E-state index is 12.2. The number of rotatable bonds is 6. The molecule has 19 heavy (non-hydrogen) atoms. The Bertz CT molecular complexity index is 323. The van der Waals surface area contributed by atoms with Gasteiger partial charge < -0.3 is 5.32 Å². The topological polar surface area (TPSA) is 56.2 Å².